The predicted octanol–water partition coefficient (Wildman–Crippen LogP) is 4.05. The largest absolute Gasteiger partial charge is 0.472 e. The molecule has 0 aliphatic carbocycles. The summed E-state index contributed by atoms with van der Waals surface area (Å²) in [4.78, 5) is 0. The Morgan fingerprint density at radius 2 is 2.00 bits per heavy atom. The van der Waals surface area contributed by atoms with Crippen LogP contribution >= 0.6 is 0 Å². The molecule has 1 aromatic carbocycles. The molecule has 5 heteroatoms. The van der Waals surface area contributed by atoms with Gasteiger partial charge in [-0.25, -0.2) is 0 Å². The average Bonchev–Trinajstić information content (AvgIpc) is 2.84. The number of rotatable bonds is 5. The highest BCUT2D eigenvalue weighted by Gasteiger charge is 2.12. The third kappa shape index (κ3) is 3.00. The summed E-state index contributed by atoms with van der Waals surface area (Å²) in [5.74, 6) is 0.128. The van der Waals surface area contributed by atoms with Crippen LogP contribution in [-0.2, 0) is 0 Å². The first-order valence-electron chi connectivity index (χ1n) is 5.49. The van der Waals surface area contributed by atoms with Gasteiger partial charge in [0.2, 0.25) is 0 Å². The summed E-state index contributed by atoms with van der Waals surface area (Å²) < 4.78 is 33.9. The van der Waals surface area contributed by atoms with E-state index in [4.69, 9.17) is 4.42 Å². The Hall–Kier alpha value is -2.04. The van der Waals surface area contributed by atoms with Crippen LogP contribution in [0.3, 0.4) is 0 Å². The lowest BCUT2D eigenvalue weighted by molar-refractivity contribution is -0.0493. The van der Waals surface area contributed by atoms with Crippen LogP contribution in [0.25, 0.3) is 0 Å². The summed E-state index contributed by atoms with van der Waals surface area (Å²) in [5, 5.41) is 3.10. The van der Waals surface area contributed by atoms with Gasteiger partial charge in [-0.2, -0.15) is 8.78 Å². The molecule has 0 saturated heterocycles. The van der Waals surface area contributed by atoms with Crippen molar-refractivity contribution in [1.82, 2.24) is 0 Å². The van der Waals surface area contributed by atoms with E-state index in [1.54, 1.807) is 30.7 Å². The number of nitrogens with one attached hydrogen (secondary N) is 1. The topological polar surface area (TPSA) is 34.4 Å². The molecule has 1 N–H and O–H groups in total. The van der Waals surface area contributed by atoms with Crippen molar-refractivity contribution in [2.75, 3.05) is 5.32 Å². The van der Waals surface area contributed by atoms with Crippen LogP contribution in [0, 0.1) is 0 Å². The molecule has 96 valence electrons. The molecule has 1 aromatic heterocycles. The Bertz CT molecular complexity index is 485. The number of alkyl halides is 2. The lowest BCUT2D eigenvalue weighted by Gasteiger charge is -2.16. The zero-order valence-electron chi connectivity index (χ0n) is 9.77. The first-order valence-corrected chi connectivity index (χ1v) is 5.49. The number of furan rings is 1. The van der Waals surface area contributed by atoms with Gasteiger partial charge in [-0.1, -0.05) is 12.1 Å². The molecule has 2 rings (SSSR count). The highest BCUT2D eigenvalue weighted by atomic mass is 19.3. The first-order chi connectivity index (χ1) is 8.66. The standard InChI is InChI=1S/C13H13F2NO2/c1-9(10-6-7-17-8-10)16-11-4-2-3-5-12(11)18-13(14)15/h2-9,13,16H,1H3. The summed E-state index contributed by atoms with van der Waals surface area (Å²) in [6, 6.07) is 8.33. The van der Waals surface area contributed by atoms with E-state index >= 15 is 0 Å². The molecule has 0 amide bonds. The monoisotopic (exact) mass is 253 g/mol. The number of halogens is 2. The van der Waals surface area contributed by atoms with Crippen LogP contribution in [0.4, 0.5) is 14.5 Å². The minimum absolute atomic E-state index is 0.0637. The fourth-order valence-electron chi connectivity index (χ4n) is 1.62. The van der Waals surface area contributed by atoms with Crippen LogP contribution in [0.2, 0.25) is 0 Å². The van der Waals surface area contributed by atoms with Gasteiger partial charge >= 0.3 is 6.61 Å². The van der Waals surface area contributed by atoms with Crippen molar-refractivity contribution in [1.29, 1.82) is 0 Å². The summed E-state index contributed by atoms with van der Waals surface area (Å²) >= 11 is 0. The Balaban J connectivity index is 2.13. The number of hydrogen-bond donors (Lipinski definition) is 1. The molecule has 0 aliphatic heterocycles. The Morgan fingerprint density at radius 3 is 2.67 bits per heavy atom. The molecule has 1 unspecified atom stereocenters. The van der Waals surface area contributed by atoms with Gasteiger partial charge in [0.05, 0.1) is 24.3 Å². The van der Waals surface area contributed by atoms with Gasteiger partial charge in [-0.15, -0.1) is 0 Å². The highest BCUT2D eigenvalue weighted by Crippen LogP contribution is 2.29. The fraction of sp³-hybridized carbons (Fsp3) is 0.231. The maximum atomic E-state index is 12.2. The quantitative estimate of drug-likeness (QED) is 0.872. The van der Waals surface area contributed by atoms with Gasteiger partial charge in [-0.05, 0) is 25.1 Å². The van der Waals surface area contributed by atoms with E-state index in [1.165, 1.54) is 6.07 Å². The van der Waals surface area contributed by atoms with Gasteiger partial charge in [0, 0.05) is 5.56 Å². The molecule has 3 nitrogen and oxygen atoms in total. The first kappa shape index (κ1) is 12.4. The van der Waals surface area contributed by atoms with Crippen LogP contribution < -0.4 is 10.1 Å². The summed E-state index contributed by atoms with van der Waals surface area (Å²) in [6.45, 7) is -0.929. The summed E-state index contributed by atoms with van der Waals surface area (Å²) in [5.41, 5.74) is 1.45. The summed E-state index contributed by atoms with van der Waals surface area (Å²) in [7, 11) is 0. The zero-order valence-corrected chi connectivity index (χ0v) is 9.77. The lowest BCUT2D eigenvalue weighted by atomic mass is 10.1. The van der Waals surface area contributed by atoms with Crippen LogP contribution in [0.1, 0.15) is 18.5 Å². The van der Waals surface area contributed by atoms with E-state index in [-0.39, 0.29) is 11.8 Å². The van der Waals surface area contributed by atoms with E-state index < -0.39 is 6.61 Å². The Labute approximate surface area is 103 Å². The second-order valence-corrected chi connectivity index (χ2v) is 3.80. The van der Waals surface area contributed by atoms with Gasteiger partial charge < -0.3 is 14.5 Å². The SMILES string of the molecule is CC(Nc1ccccc1OC(F)F)c1ccoc1. The Kier molecular flexibility index (Phi) is 3.82. The number of benzene rings is 1. The van der Waals surface area contributed by atoms with Crippen LogP contribution in [-0.4, -0.2) is 6.61 Å². The lowest BCUT2D eigenvalue weighted by Crippen LogP contribution is -2.09. The fourth-order valence-corrected chi connectivity index (χ4v) is 1.62. The van der Waals surface area contributed by atoms with E-state index in [9.17, 15) is 8.78 Å². The van der Waals surface area contributed by atoms with Crippen molar-refractivity contribution in [2.24, 2.45) is 0 Å². The van der Waals surface area contributed by atoms with Crippen LogP contribution in [0.5, 0.6) is 5.75 Å². The normalized spacial score (nSPS) is 12.4. The van der Waals surface area contributed by atoms with Gasteiger partial charge in [0.1, 0.15) is 5.75 Å². The third-order valence-electron chi connectivity index (χ3n) is 2.52. The molecular formula is C13H13F2NO2. The van der Waals surface area contributed by atoms with Crippen LogP contribution in [0.15, 0.2) is 47.3 Å². The summed E-state index contributed by atoms with van der Waals surface area (Å²) in [6.07, 6.45) is 3.17. The number of hydrogen-bond acceptors (Lipinski definition) is 3. The molecule has 0 saturated carbocycles. The maximum Gasteiger partial charge on any atom is 0.387 e. The van der Waals surface area contributed by atoms with Gasteiger partial charge in [-0.3, -0.25) is 0 Å². The van der Waals surface area contributed by atoms with E-state index in [0.29, 0.717) is 5.69 Å². The number of para-hydroxylation sites is 2. The second-order valence-electron chi connectivity index (χ2n) is 3.80. The molecular weight excluding hydrogens is 240 g/mol. The van der Waals surface area contributed by atoms with Crippen molar-refractivity contribution in [2.45, 2.75) is 19.6 Å². The van der Waals surface area contributed by atoms with Crippen molar-refractivity contribution in [3.63, 3.8) is 0 Å². The second kappa shape index (κ2) is 5.53. The molecule has 0 aliphatic rings. The molecule has 1 atom stereocenters. The Morgan fingerprint density at radius 1 is 1.22 bits per heavy atom. The molecule has 2 aromatic rings. The molecule has 18 heavy (non-hydrogen) atoms. The smallest absolute Gasteiger partial charge is 0.387 e. The van der Waals surface area contributed by atoms with Crippen molar-refractivity contribution < 1.29 is 17.9 Å². The number of ether oxygens (including phenoxy) is 1. The molecule has 1 heterocycles. The van der Waals surface area contributed by atoms with E-state index in [0.717, 1.165) is 5.56 Å². The third-order valence-corrected chi connectivity index (χ3v) is 2.52. The average molecular weight is 253 g/mol. The van der Waals surface area contributed by atoms with Gasteiger partial charge in [0.25, 0.3) is 0 Å². The number of anilines is 1. The van der Waals surface area contributed by atoms with Crippen molar-refractivity contribution in [3.8, 4) is 5.75 Å². The zero-order chi connectivity index (χ0) is 13.0. The maximum absolute atomic E-state index is 12.2. The van der Waals surface area contributed by atoms with Crippen molar-refractivity contribution in [3.05, 3.63) is 48.4 Å². The molecule has 0 bridgehead atoms. The molecule has 0 spiro atoms. The molecule has 0 radical (unpaired) electrons. The van der Waals surface area contributed by atoms with E-state index in [1.807, 2.05) is 13.0 Å². The van der Waals surface area contributed by atoms with Gasteiger partial charge in [0.15, 0.2) is 0 Å². The highest BCUT2D eigenvalue weighted by molar-refractivity contribution is 5.57. The predicted molar refractivity (Wildman–Crippen MR) is 63.8 cm³/mol. The minimum atomic E-state index is -2.84. The molecule has 0 fully saturated rings. The van der Waals surface area contributed by atoms with E-state index in [2.05, 4.69) is 10.1 Å². The van der Waals surface area contributed by atoms with Crippen molar-refractivity contribution >= 4 is 5.69 Å². The minimum Gasteiger partial charge on any atom is -0.472 e.